The summed E-state index contributed by atoms with van der Waals surface area (Å²) in [6.45, 7) is 2.66. The highest BCUT2D eigenvalue weighted by Crippen LogP contribution is 2.45. The Morgan fingerprint density at radius 2 is 1.84 bits per heavy atom. The molecule has 1 heterocycles. The van der Waals surface area contributed by atoms with E-state index in [1.807, 2.05) is 19.0 Å². The maximum Gasteiger partial charge on any atom is 0.343 e. The normalized spacial score (nSPS) is 11.8. The molecule has 0 fully saturated rings. The van der Waals surface area contributed by atoms with Gasteiger partial charge in [0.15, 0.2) is 11.5 Å². The van der Waals surface area contributed by atoms with Gasteiger partial charge in [0, 0.05) is 37.1 Å². The molecule has 9 nitrogen and oxygen atoms in total. The van der Waals surface area contributed by atoms with E-state index < -0.39 is 11.5 Å². The van der Waals surface area contributed by atoms with Gasteiger partial charge in [-0.1, -0.05) is 6.07 Å². The van der Waals surface area contributed by atoms with Crippen molar-refractivity contribution < 1.29 is 28.5 Å². The lowest BCUT2D eigenvalue weighted by atomic mass is 9.87. The monoisotopic (exact) mass is 434 g/mol. The first-order chi connectivity index (χ1) is 14.7. The number of aromatic hydroxyl groups is 1. The van der Waals surface area contributed by atoms with Gasteiger partial charge >= 0.3 is 5.63 Å². The van der Waals surface area contributed by atoms with Crippen molar-refractivity contribution in [3.8, 4) is 23.0 Å². The molecule has 170 valence electrons. The first-order valence-electron chi connectivity index (χ1n) is 9.77. The number of aryl methyl sites for hydroxylation is 1. The van der Waals surface area contributed by atoms with Gasteiger partial charge in [-0.05, 0) is 27.1 Å². The lowest BCUT2D eigenvalue weighted by molar-refractivity contribution is -0.121. The second-order valence-corrected chi connectivity index (χ2v) is 7.28. The highest BCUT2D eigenvalue weighted by atomic mass is 16.5. The SMILES string of the molecule is COc1ccc([C@@H](CC(=O)NCCN(C)C)c2c(O)cc(C)oc2=O)c(OC)c1OC. The first kappa shape index (κ1) is 24.1. The average molecular weight is 434 g/mol. The maximum atomic E-state index is 12.7. The molecule has 2 rings (SSSR count). The summed E-state index contributed by atoms with van der Waals surface area (Å²) in [5.41, 5.74) is -0.270. The molecule has 1 aromatic carbocycles. The molecule has 1 aromatic heterocycles. The van der Waals surface area contributed by atoms with Crippen molar-refractivity contribution in [3.63, 3.8) is 0 Å². The van der Waals surface area contributed by atoms with Crippen LogP contribution >= 0.6 is 0 Å². The third-order valence-corrected chi connectivity index (χ3v) is 4.82. The van der Waals surface area contributed by atoms with Crippen LogP contribution in [0.25, 0.3) is 0 Å². The fourth-order valence-electron chi connectivity index (χ4n) is 3.37. The minimum absolute atomic E-state index is 0.0288. The number of nitrogens with zero attached hydrogens (tertiary/aromatic N) is 1. The van der Waals surface area contributed by atoms with Crippen LogP contribution in [-0.2, 0) is 4.79 Å². The minimum Gasteiger partial charge on any atom is -0.507 e. The minimum atomic E-state index is -0.842. The molecule has 9 heteroatoms. The van der Waals surface area contributed by atoms with Crippen LogP contribution in [0.1, 0.15) is 29.2 Å². The van der Waals surface area contributed by atoms with Crippen LogP contribution in [0.15, 0.2) is 27.4 Å². The van der Waals surface area contributed by atoms with Crippen molar-refractivity contribution in [1.29, 1.82) is 0 Å². The quantitative estimate of drug-likeness (QED) is 0.583. The molecule has 0 aliphatic heterocycles. The predicted octanol–water partition coefficient (Wildman–Crippen LogP) is 1.88. The summed E-state index contributed by atoms with van der Waals surface area (Å²) in [5.74, 6) is -0.0771. The van der Waals surface area contributed by atoms with Crippen LogP contribution in [0.2, 0.25) is 0 Å². The van der Waals surface area contributed by atoms with Crippen LogP contribution in [0.3, 0.4) is 0 Å². The molecule has 1 amide bonds. The molecule has 0 saturated carbocycles. The molecule has 0 unspecified atom stereocenters. The molecule has 0 saturated heterocycles. The highest BCUT2D eigenvalue weighted by molar-refractivity contribution is 5.78. The van der Waals surface area contributed by atoms with Gasteiger partial charge in [-0.3, -0.25) is 4.79 Å². The standard InChI is InChI=1S/C22H30N2O7/c1-13-11-16(25)19(22(27)31-13)15(12-18(26)23-9-10-24(2)3)14-7-8-17(28-4)21(30-6)20(14)29-5/h7-8,11,15,25H,9-10,12H2,1-6H3,(H,23,26)/t15-/m1/s1. The Morgan fingerprint density at radius 1 is 1.16 bits per heavy atom. The van der Waals surface area contributed by atoms with Crippen molar-refractivity contribution in [2.24, 2.45) is 0 Å². The third kappa shape index (κ3) is 5.69. The number of hydrogen-bond donors (Lipinski definition) is 2. The number of nitrogens with one attached hydrogen (secondary N) is 1. The lowest BCUT2D eigenvalue weighted by Gasteiger charge is -2.22. The largest absolute Gasteiger partial charge is 0.507 e. The van der Waals surface area contributed by atoms with E-state index in [1.165, 1.54) is 27.4 Å². The van der Waals surface area contributed by atoms with Gasteiger partial charge in [0.1, 0.15) is 11.5 Å². The lowest BCUT2D eigenvalue weighted by Crippen LogP contribution is -2.32. The van der Waals surface area contributed by atoms with Crippen LogP contribution in [0.5, 0.6) is 23.0 Å². The van der Waals surface area contributed by atoms with Gasteiger partial charge in [-0.15, -0.1) is 0 Å². The van der Waals surface area contributed by atoms with Gasteiger partial charge in [0.2, 0.25) is 11.7 Å². The molecular weight excluding hydrogens is 404 g/mol. The molecule has 31 heavy (non-hydrogen) atoms. The van der Waals surface area contributed by atoms with E-state index in [9.17, 15) is 14.7 Å². The van der Waals surface area contributed by atoms with Crippen molar-refractivity contribution in [1.82, 2.24) is 10.2 Å². The molecule has 2 N–H and O–H groups in total. The second kappa shape index (κ2) is 10.7. The topological polar surface area (TPSA) is 110 Å². The molecule has 0 bridgehead atoms. The van der Waals surface area contributed by atoms with Gasteiger partial charge in [0.25, 0.3) is 0 Å². The fourth-order valence-corrected chi connectivity index (χ4v) is 3.37. The van der Waals surface area contributed by atoms with Crippen LogP contribution in [-0.4, -0.2) is 64.4 Å². The summed E-state index contributed by atoms with van der Waals surface area (Å²) in [6, 6.07) is 4.68. The smallest absolute Gasteiger partial charge is 0.343 e. The van der Waals surface area contributed by atoms with Crippen LogP contribution in [0, 0.1) is 6.92 Å². The Hall–Kier alpha value is -3.20. The van der Waals surface area contributed by atoms with E-state index in [0.29, 0.717) is 35.9 Å². The van der Waals surface area contributed by atoms with E-state index in [2.05, 4.69) is 5.32 Å². The van der Waals surface area contributed by atoms with Gasteiger partial charge < -0.3 is 34.0 Å². The maximum absolute atomic E-state index is 12.7. The number of benzene rings is 1. The summed E-state index contributed by atoms with van der Waals surface area (Å²) in [6.07, 6.45) is -0.110. The molecular formula is C22H30N2O7. The number of methoxy groups -OCH3 is 3. The summed E-state index contributed by atoms with van der Waals surface area (Å²) >= 11 is 0. The molecule has 0 radical (unpaired) electrons. The van der Waals surface area contributed by atoms with Crippen molar-refractivity contribution >= 4 is 5.91 Å². The number of likely N-dealkylation sites (N-methyl/N-ethyl adjacent to an activating group) is 1. The van der Waals surface area contributed by atoms with E-state index >= 15 is 0 Å². The Labute approximate surface area is 181 Å². The summed E-state index contributed by atoms with van der Waals surface area (Å²) in [7, 11) is 8.21. The van der Waals surface area contributed by atoms with Crippen LogP contribution < -0.4 is 25.2 Å². The van der Waals surface area contributed by atoms with E-state index in [1.54, 1.807) is 19.1 Å². The van der Waals surface area contributed by atoms with E-state index in [0.717, 1.165) is 0 Å². The van der Waals surface area contributed by atoms with Crippen LogP contribution in [0.4, 0.5) is 0 Å². The van der Waals surface area contributed by atoms with Gasteiger partial charge in [0.05, 0.1) is 26.9 Å². The van der Waals surface area contributed by atoms with Crippen molar-refractivity contribution in [3.05, 3.63) is 45.5 Å². The number of rotatable bonds is 10. The van der Waals surface area contributed by atoms with Crippen molar-refractivity contribution in [2.75, 3.05) is 48.5 Å². The number of carbonyl (C=O) groups excluding carboxylic acids is 1. The predicted molar refractivity (Wildman–Crippen MR) is 116 cm³/mol. The molecule has 0 aliphatic carbocycles. The second-order valence-electron chi connectivity index (χ2n) is 7.28. The summed E-state index contributed by atoms with van der Waals surface area (Å²) in [5, 5.41) is 13.4. The number of hydrogen-bond acceptors (Lipinski definition) is 8. The van der Waals surface area contributed by atoms with Crippen molar-refractivity contribution in [2.45, 2.75) is 19.3 Å². The summed E-state index contributed by atoms with van der Waals surface area (Å²) in [4.78, 5) is 27.3. The Balaban J connectivity index is 2.59. The van der Waals surface area contributed by atoms with Gasteiger partial charge in [-0.2, -0.15) is 0 Å². The third-order valence-electron chi connectivity index (χ3n) is 4.82. The Morgan fingerprint density at radius 3 is 2.39 bits per heavy atom. The van der Waals surface area contributed by atoms with E-state index in [4.69, 9.17) is 18.6 Å². The number of amides is 1. The summed E-state index contributed by atoms with van der Waals surface area (Å²) < 4.78 is 21.5. The average Bonchev–Trinajstić information content (AvgIpc) is 2.70. The van der Waals surface area contributed by atoms with Gasteiger partial charge in [-0.25, -0.2) is 4.79 Å². The molecule has 0 spiro atoms. The van der Waals surface area contributed by atoms with E-state index in [-0.39, 0.29) is 29.4 Å². The zero-order valence-electron chi connectivity index (χ0n) is 18.8. The number of carbonyl (C=O) groups is 1. The molecule has 0 aliphatic rings. The molecule has 1 atom stereocenters. The Bertz CT molecular complexity index is 969. The Kier molecular flexibility index (Phi) is 8.32. The zero-order valence-corrected chi connectivity index (χ0v) is 18.8. The first-order valence-corrected chi connectivity index (χ1v) is 9.77. The highest BCUT2D eigenvalue weighted by Gasteiger charge is 2.30. The number of ether oxygens (including phenoxy) is 3. The zero-order chi connectivity index (χ0) is 23.1. The molecule has 2 aromatic rings. The fraction of sp³-hybridized carbons (Fsp3) is 0.455.